The third kappa shape index (κ3) is 5.45. The van der Waals surface area contributed by atoms with Crippen LogP contribution in [0.5, 0.6) is 11.5 Å². The van der Waals surface area contributed by atoms with Crippen LogP contribution >= 0.6 is 0 Å². The van der Waals surface area contributed by atoms with Crippen LogP contribution in [0.4, 0.5) is 0 Å². The standard InChI is InChI=1S/C19H24N2O5S/c1-13-5-10-17(26-4)18(11-13)27(23,24)21-14(2)19(22)20-12-15-6-8-16(25-3)9-7-15/h5-11,14,21H,12H2,1-4H3,(H,20,22)/t14-/m1/s1. The van der Waals surface area contributed by atoms with E-state index in [1.807, 2.05) is 12.1 Å². The lowest BCUT2D eigenvalue weighted by Crippen LogP contribution is -2.44. The van der Waals surface area contributed by atoms with Crippen molar-refractivity contribution in [1.29, 1.82) is 0 Å². The number of sulfonamides is 1. The molecule has 2 rings (SSSR count). The highest BCUT2D eigenvalue weighted by Gasteiger charge is 2.25. The summed E-state index contributed by atoms with van der Waals surface area (Å²) in [4.78, 5) is 12.3. The normalized spacial score (nSPS) is 12.3. The van der Waals surface area contributed by atoms with E-state index in [0.717, 1.165) is 16.9 Å². The first-order valence-corrected chi connectivity index (χ1v) is 9.82. The molecule has 0 bridgehead atoms. The molecule has 2 aromatic rings. The van der Waals surface area contributed by atoms with Gasteiger partial charge in [0.25, 0.3) is 0 Å². The Kier molecular flexibility index (Phi) is 6.81. The Morgan fingerprint density at radius 2 is 1.74 bits per heavy atom. The van der Waals surface area contributed by atoms with Gasteiger partial charge in [0.1, 0.15) is 16.4 Å². The number of carbonyl (C=O) groups is 1. The molecule has 0 saturated heterocycles. The van der Waals surface area contributed by atoms with Crippen LogP contribution in [0.15, 0.2) is 47.4 Å². The number of carbonyl (C=O) groups excluding carboxylic acids is 1. The van der Waals surface area contributed by atoms with E-state index in [-0.39, 0.29) is 17.2 Å². The van der Waals surface area contributed by atoms with Gasteiger partial charge in [-0.1, -0.05) is 18.2 Å². The van der Waals surface area contributed by atoms with E-state index in [9.17, 15) is 13.2 Å². The molecule has 2 N–H and O–H groups in total. The second-order valence-electron chi connectivity index (χ2n) is 6.06. The summed E-state index contributed by atoms with van der Waals surface area (Å²) in [6, 6.07) is 11.1. The fraction of sp³-hybridized carbons (Fsp3) is 0.316. The molecule has 0 aromatic heterocycles. The molecule has 7 nitrogen and oxygen atoms in total. The average Bonchev–Trinajstić information content (AvgIpc) is 2.66. The van der Waals surface area contributed by atoms with Crippen molar-refractivity contribution in [2.45, 2.75) is 31.3 Å². The van der Waals surface area contributed by atoms with E-state index in [4.69, 9.17) is 9.47 Å². The molecule has 2 aromatic carbocycles. The summed E-state index contributed by atoms with van der Waals surface area (Å²) in [6.07, 6.45) is 0. The molecule has 27 heavy (non-hydrogen) atoms. The first-order chi connectivity index (χ1) is 12.8. The van der Waals surface area contributed by atoms with E-state index >= 15 is 0 Å². The van der Waals surface area contributed by atoms with Crippen LogP contribution in [0.2, 0.25) is 0 Å². The van der Waals surface area contributed by atoms with Gasteiger partial charge >= 0.3 is 0 Å². The maximum atomic E-state index is 12.6. The van der Waals surface area contributed by atoms with Gasteiger partial charge < -0.3 is 14.8 Å². The zero-order valence-corrected chi connectivity index (χ0v) is 16.6. The number of rotatable bonds is 8. The van der Waals surface area contributed by atoms with Crippen molar-refractivity contribution in [3.8, 4) is 11.5 Å². The molecule has 0 fully saturated rings. The van der Waals surface area contributed by atoms with Crippen LogP contribution in [0, 0.1) is 6.92 Å². The van der Waals surface area contributed by atoms with Gasteiger partial charge in [0.2, 0.25) is 15.9 Å². The second-order valence-corrected chi connectivity index (χ2v) is 7.75. The number of aryl methyl sites for hydroxylation is 1. The van der Waals surface area contributed by atoms with Crippen LogP contribution in [-0.2, 0) is 21.4 Å². The topological polar surface area (TPSA) is 93.7 Å². The van der Waals surface area contributed by atoms with Crippen molar-refractivity contribution in [2.24, 2.45) is 0 Å². The fourth-order valence-electron chi connectivity index (χ4n) is 2.43. The predicted molar refractivity (Wildman–Crippen MR) is 102 cm³/mol. The van der Waals surface area contributed by atoms with Crippen molar-refractivity contribution in [3.05, 3.63) is 53.6 Å². The van der Waals surface area contributed by atoms with Crippen molar-refractivity contribution >= 4 is 15.9 Å². The molecule has 0 aliphatic rings. The Morgan fingerprint density at radius 1 is 1.07 bits per heavy atom. The minimum absolute atomic E-state index is 0.000181. The number of hydrogen-bond acceptors (Lipinski definition) is 5. The summed E-state index contributed by atoms with van der Waals surface area (Å²) in [7, 11) is -0.939. The van der Waals surface area contributed by atoms with Gasteiger partial charge in [0.05, 0.1) is 20.3 Å². The number of benzene rings is 2. The highest BCUT2D eigenvalue weighted by Crippen LogP contribution is 2.24. The van der Waals surface area contributed by atoms with Gasteiger partial charge in [-0.3, -0.25) is 4.79 Å². The lowest BCUT2D eigenvalue weighted by Gasteiger charge is -2.16. The third-order valence-electron chi connectivity index (χ3n) is 3.96. The van der Waals surface area contributed by atoms with Crippen LogP contribution in [0.25, 0.3) is 0 Å². The third-order valence-corrected chi connectivity index (χ3v) is 5.52. The van der Waals surface area contributed by atoms with Gasteiger partial charge in [-0.15, -0.1) is 0 Å². The van der Waals surface area contributed by atoms with Gasteiger partial charge in [-0.05, 0) is 49.2 Å². The number of nitrogens with one attached hydrogen (secondary N) is 2. The van der Waals surface area contributed by atoms with Crippen molar-refractivity contribution < 1.29 is 22.7 Å². The molecule has 8 heteroatoms. The highest BCUT2D eigenvalue weighted by atomic mass is 32.2. The van der Waals surface area contributed by atoms with Crippen molar-refractivity contribution in [2.75, 3.05) is 14.2 Å². The monoisotopic (exact) mass is 392 g/mol. The predicted octanol–water partition coefficient (Wildman–Crippen LogP) is 2.00. The first-order valence-electron chi connectivity index (χ1n) is 8.34. The molecule has 0 unspecified atom stereocenters. The quantitative estimate of drug-likeness (QED) is 0.717. The summed E-state index contributed by atoms with van der Waals surface area (Å²) in [5.74, 6) is 0.512. The summed E-state index contributed by atoms with van der Waals surface area (Å²) in [5.41, 5.74) is 1.65. The molecule has 0 aliphatic carbocycles. The molecule has 146 valence electrons. The zero-order chi connectivity index (χ0) is 20.0. The summed E-state index contributed by atoms with van der Waals surface area (Å²) < 4.78 is 37.9. The van der Waals surface area contributed by atoms with Crippen LogP contribution in [0.3, 0.4) is 0 Å². The molecule has 0 saturated carbocycles. The van der Waals surface area contributed by atoms with Gasteiger partial charge in [0.15, 0.2) is 0 Å². The van der Waals surface area contributed by atoms with E-state index < -0.39 is 22.0 Å². The smallest absolute Gasteiger partial charge is 0.244 e. The van der Waals surface area contributed by atoms with Crippen LogP contribution in [-0.4, -0.2) is 34.6 Å². The van der Waals surface area contributed by atoms with E-state index in [1.54, 1.807) is 38.3 Å². The van der Waals surface area contributed by atoms with Crippen LogP contribution < -0.4 is 19.5 Å². The Balaban J connectivity index is 2.03. The lowest BCUT2D eigenvalue weighted by molar-refractivity contribution is -0.122. The van der Waals surface area contributed by atoms with Crippen molar-refractivity contribution in [1.82, 2.24) is 10.0 Å². The first kappa shape index (κ1) is 20.7. The average molecular weight is 392 g/mol. The van der Waals surface area contributed by atoms with E-state index in [0.29, 0.717) is 0 Å². The molecule has 0 radical (unpaired) electrons. The molecule has 0 heterocycles. The maximum absolute atomic E-state index is 12.6. The molecule has 0 aliphatic heterocycles. The van der Waals surface area contributed by atoms with Crippen LogP contribution in [0.1, 0.15) is 18.1 Å². The summed E-state index contributed by atoms with van der Waals surface area (Å²) in [6.45, 7) is 3.55. The molecular weight excluding hydrogens is 368 g/mol. The van der Waals surface area contributed by atoms with E-state index in [1.165, 1.54) is 20.1 Å². The summed E-state index contributed by atoms with van der Waals surface area (Å²) in [5, 5.41) is 2.71. The SMILES string of the molecule is COc1ccc(CNC(=O)[C@@H](C)NS(=O)(=O)c2cc(C)ccc2OC)cc1. The summed E-state index contributed by atoms with van der Waals surface area (Å²) >= 11 is 0. The van der Waals surface area contributed by atoms with Gasteiger partial charge in [-0.2, -0.15) is 4.72 Å². The number of hydrogen-bond donors (Lipinski definition) is 2. The van der Waals surface area contributed by atoms with Gasteiger partial charge in [-0.25, -0.2) is 8.42 Å². The zero-order valence-electron chi connectivity index (χ0n) is 15.8. The lowest BCUT2D eigenvalue weighted by atomic mass is 10.2. The fourth-order valence-corrected chi connectivity index (χ4v) is 3.89. The highest BCUT2D eigenvalue weighted by molar-refractivity contribution is 7.89. The van der Waals surface area contributed by atoms with Crippen molar-refractivity contribution in [3.63, 3.8) is 0 Å². The minimum atomic E-state index is -3.91. The number of ether oxygens (including phenoxy) is 2. The van der Waals surface area contributed by atoms with Gasteiger partial charge in [0, 0.05) is 6.54 Å². The van der Waals surface area contributed by atoms with E-state index in [2.05, 4.69) is 10.0 Å². The molecular formula is C19H24N2O5S. The Labute approximate surface area is 159 Å². The maximum Gasteiger partial charge on any atom is 0.244 e. The Hall–Kier alpha value is -2.58. The minimum Gasteiger partial charge on any atom is -0.497 e. The molecule has 1 amide bonds. The number of amides is 1. The molecule has 0 spiro atoms. The Bertz CT molecular complexity index is 895. The molecule has 1 atom stereocenters. The second kappa shape index (κ2) is 8.88. The Morgan fingerprint density at radius 3 is 2.33 bits per heavy atom. The number of methoxy groups -OCH3 is 2. The largest absolute Gasteiger partial charge is 0.497 e.